The van der Waals surface area contributed by atoms with E-state index in [1.54, 1.807) is 0 Å². The van der Waals surface area contributed by atoms with Gasteiger partial charge < -0.3 is 0 Å². The third kappa shape index (κ3) is 4.22. The Labute approximate surface area is 125 Å². The van der Waals surface area contributed by atoms with Crippen LogP contribution in [0, 0.1) is 6.92 Å². The first kappa shape index (κ1) is 14.8. The standard InChI is InChI=1S/C16H17AsNO2/c1-12-6-8-14(9-7-12)18-16(20)10-17-15-5-3-2-4-13(15)11-19/h2-9,19H,10-11H2,1H3,(H,18,20). The number of hydrogen-bond donors (Lipinski definition) is 2. The molecule has 0 heterocycles. The first-order valence-corrected chi connectivity index (χ1v) is 8.68. The fraction of sp³-hybridized carbons (Fsp3) is 0.188. The molecule has 1 radical (unpaired) electrons. The van der Waals surface area contributed by atoms with Crippen LogP contribution >= 0.6 is 0 Å². The number of aryl methyl sites for hydroxylation is 1. The monoisotopic (exact) mass is 330 g/mol. The van der Waals surface area contributed by atoms with E-state index < -0.39 is 0 Å². The Morgan fingerprint density at radius 1 is 1.15 bits per heavy atom. The van der Waals surface area contributed by atoms with Crippen LogP contribution in [-0.4, -0.2) is 26.8 Å². The van der Waals surface area contributed by atoms with Crippen LogP contribution in [0.5, 0.6) is 0 Å². The van der Waals surface area contributed by atoms with Crippen molar-refractivity contribution in [2.75, 3.05) is 5.32 Å². The molecule has 4 heteroatoms. The van der Waals surface area contributed by atoms with Crippen LogP contribution in [0.1, 0.15) is 11.1 Å². The Morgan fingerprint density at radius 3 is 2.55 bits per heavy atom. The minimum absolute atomic E-state index is 0.0293. The number of nitrogens with one attached hydrogen (secondary N) is 1. The number of aliphatic hydroxyl groups is 1. The zero-order chi connectivity index (χ0) is 14.4. The fourth-order valence-electron chi connectivity index (χ4n) is 1.79. The Morgan fingerprint density at radius 2 is 1.85 bits per heavy atom. The summed E-state index contributed by atoms with van der Waals surface area (Å²) in [6.07, 6.45) is 0. The van der Waals surface area contributed by atoms with Crippen molar-refractivity contribution in [3.63, 3.8) is 0 Å². The van der Waals surface area contributed by atoms with E-state index in [-0.39, 0.29) is 28.3 Å². The predicted molar refractivity (Wildman–Crippen MR) is 82.4 cm³/mol. The van der Waals surface area contributed by atoms with E-state index in [4.69, 9.17) is 0 Å². The van der Waals surface area contributed by atoms with Crippen LogP contribution in [0.15, 0.2) is 48.5 Å². The Hall–Kier alpha value is -1.57. The quantitative estimate of drug-likeness (QED) is 0.823. The summed E-state index contributed by atoms with van der Waals surface area (Å²) >= 11 is -0.263. The van der Waals surface area contributed by atoms with Crippen LogP contribution in [0.25, 0.3) is 0 Å². The molecule has 3 nitrogen and oxygen atoms in total. The van der Waals surface area contributed by atoms with Crippen molar-refractivity contribution in [3.05, 3.63) is 59.7 Å². The van der Waals surface area contributed by atoms with E-state index in [1.807, 2.05) is 55.5 Å². The first-order chi connectivity index (χ1) is 9.69. The normalized spacial score (nSPS) is 10.9. The molecule has 0 aliphatic rings. The second-order valence-corrected chi connectivity index (χ2v) is 6.86. The molecule has 2 N–H and O–H groups in total. The van der Waals surface area contributed by atoms with Gasteiger partial charge in [0.05, 0.1) is 0 Å². The molecule has 0 saturated carbocycles. The van der Waals surface area contributed by atoms with Crippen molar-refractivity contribution in [2.45, 2.75) is 18.7 Å². The molecule has 0 aromatic heterocycles. The first-order valence-electron chi connectivity index (χ1n) is 6.42. The third-order valence-corrected chi connectivity index (χ3v) is 5.45. The summed E-state index contributed by atoms with van der Waals surface area (Å²) in [6, 6.07) is 15.5. The molecule has 0 aliphatic heterocycles. The molecule has 2 aromatic rings. The number of carbonyl (C=O) groups is 1. The number of carbonyl (C=O) groups excluding carboxylic acids is 1. The zero-order valence-electron chi connectivity index (χ0n) is 11.3. The van der Waals surface area contributed by atoms with E-state index in [1.165, 1.54) is 5.56 Å². The molecule has 0 spiro atoms. The summed E-state index contributed by atoms with van der Waals surface area (Å²) in [4.78, 5) is 11.9. The molecular weight excluding hydrogens is 313 g/mol. The molecule has 20 heavy (non-hydrogen) atoms. The summed E-state index contributed by atoms with van der Waals surface area (Å²) in [7, 11) is 0. The summed E-state index contributed by atoms with van der Waals surface area (Å²) in [5.74, 6) is 0.0293. The number of rotatable bonds is 5. The molecule has 1 amide bonds. The van der Waals surface area contributed by atoms with Crippen LogP contribution in [-0.2, 0) is 11.4 Å². The number of amides is 1. The van der Waals surface area contributed by atoms with Gasteiger partial charge in [-0.2, -0.15) is 0 Å². The van der Waals surface area contributed by atoms with Crippen molar-refractivity contribution in [1.82, 2.24) is 0 Å². The van der Waals surface area contributed by atoms with E-state index in [9.17, 15) is 9.90 Å². The Balaban J connectivity index is 1.90. The van der Waals surface area contributed by atoms with Gasteiger partial charge in [-0.3, -0.25) is 0 Å². The van der Waals surface area contributed by atoms with Gasteiger partial charge in [-0.25, -0.2) is 0 Å². The summed E-state index contributed by atoms with van der Waals surface area (Å²) in [5, 5.41) is 12.7. The van der Waals surface area contributed by atoms with Crippen LogP contribution in [0.3, 0.4) is 0 Å². The molecule has 0 atom stereocenters. The zero-order valence-corrected chi connectivity index (χ0v) is 13.2. The molecule has 0 bridgehead atoms. The Kier molecular flexibility index (Phi) is 5.39. The van der Waals surface area contributed by atoms with Gasteiger partial charge in [0.15, 0.2) is 0 Å². The summed E-state index contributed by atoms with van der Waals surface area (Å²) < 4.78 is 1.12. The number of hydrogen-bond acceptors (Lipinski definition) is 2. The molecule has 103 valence electrons. The maximum atomic E-state index is 11.9. The molecule has 0 saturated heterocycles. The van der Waals surface area contributed by atoms with Gasteiger partial charge in [0.2, 0.25) is 0 Å². The van der Waals surface area contributed by atoms with Gasteiger partial charge >= 0.3 is 125 Å². The van der Waals surface area contributed by atoms with Crippen LogP contribution in [0.2, 0.25) is 5.21 Å². The van der Waals surface area contributed by atoms with Crippen molar-refractivity contribution >= 4 is 31.7 Å². The van der Waals surface area contributed by atoms with Crippen molar-refractivity contribution in [1.29, 1.82) is 0 Å². The van der Waals surface area contributed by atoms with Crippen molar-refractivity contribution in [3.8, 4) is 0 Å². The SMILES string of the molecule is Cc1ccc(NC(=O)C[As]c2ccccc2CO)cc1. The second-order valence-electron chi connectivity index (χ2n) is 4.52. The van der Waals surface area contributed by atoms with E-state index in [0.717, 1.165) is 15.6 Å². The average Bonchev–Trinajstić information content (AvgIpc) is 2.48. The van der Waals surface area contributed by atoms with Gasteiger partial charge in [0.1, 0.15) is 0 Å². The number of benzene rings is 2. The van der Waals surface area contributed by atoms with E-state index in [0.29, 0.717) is 5.21 Å². The third-order valence-electron chi connectivity index (χ3n) is 2.89. The average molecular weight is 330 g/mol. The van der Waals surface area contributed by atoms with E-state index in [2.05, 4.69) is 5.32 Å². The van der Waals surface area contributed by atoms with Gasteiger partial charge in [-0.1, -0.05) is 0 Å². The molecule has 0 unspecified atom stereocenters. The van der Waals surface area contributed by atoms with Gasteiger partial charge in [0, 0.05) is 0 Å². The van der Waals surface area contributed by atoms with Gasteiger partial charge in [-0.15, -0.1) is 0 Å². The molecular formula is C16H17AsNO2. The maximum absolute atomic E-state index is 11.9. The minimum atomic E-state index is -0.263. The summed E-state index contributed by atoms with van der Waals surface area (Å²) in [6.45, 7) is 2.05. The fourth-order valence-corrected chi connectivity index (χ4v) is 3.75. The molecule has 2 aromatic carbocycles. The van der Waals surface area contributed by atoms with E-state index >= 15 is 0 Å². The van der Waals surface area contributed by atoms with Crippen LogP contribution < -0.4 is 9.67 Å². The second kappa shape index (κ2) is 7.27. The van der Waals surface area contributed by atoms with Gasteiger partial charge in [0.25, 0.3) is 0 Å². The topological polar surface area (TPSA) is 49.3 Å². The molecule has 2 rings (SSSR count). The van der Waals surface area contributed by atoms with Crippen LogP contribution in [0.4, 0.5) is 5.69 Å². The molecule has 0 aliphatic carbocycles. The van der Waals surface area contributed by atoms with Gasteiger partial charge in [-0.05, 0) is 0 Å². The van der Waals surface area contributed by atoms with Crippen molar-refractivity contribution in [2.24, 2.45) is 0 Å². The van der Waals surface area contributed by atoms with Crippen molar-refractivity contribution < 1.29 is 9.90 Å². The molecule has 0 fully saturated rings. The number of aliphatic hydroxyl groups excluding tert-OH is 1. The summed E-state index contributed by atoms with van der Waals surface area (Å²) in [5.41, 5.74) is 2.93. The predicted octanol–water partition coefficient (Wildman–Crippen LogP) is 1.87. The number of anilines is 1. The Bertz CT molecular complexity index is 581.